The van der Waals surface area contributed by atoms with Crippen LogP contribution in [-0.4, -0.2) is 28.5 Å². The first-order valence-electron chi connectivity index (χ1n) is 6.76. The first-order valence-corrected chi connectivity index (χ1v) is 7.14. The number of hydrogen-bond donors (Lipinski definition) is 3. The molecule has 3 aromatic rings. The van der Waals surface area contributed by atoms with Crippen molar-refractivity contribution in [2.75, 3.05) is 24.2 Å². The summed E-state index contributed by atoms with van der Waals surface area (Å²) in [5.74, 6) is 0.716. The smallest absolute Gasteiger partial charge is 0.157 e. The lowest BCUT2D eigenvalue weighted by atomic mass is 10.2. The molecule has 1 aromatic carbocycles. The van der Waals surface area contributed by atoms with Crippen LogP contribution in [0.15, 0.2) is 36.7 Å². The van der Waals surface area contributed by atoms with Crippen LogP contribution in [0, 0.1) is 0 Å². The third-order valence-electron chi connectivity index (χ3n) is 3.32. The van der Waals surface area contributed by atoms with Gasteiger partial charge >= 0.3 is 0 Å². The Morgan fingerprint density at radius 1 is 1.24 bits per heavy atom. The van der Waals surface area contributed by atoms with Crippen LogP contribution in [0.1, 0.15) is 5.69 Å². The number of nitrogens with zero attached hydrogens (tertiary/aromatic N) is 2. The molecule has 0 amide bonds. The Balaban J connectivity index is 1.67. The molecule has 0 aliphatic heterocycles. The van der Waals surface area contributed by atoms with Crippen molar-refractivity contribution in [3.05, 3.63) is 47.5 Å². The van der Waals surface area contributed by atoms with Crippen LogP contribution in [0.5, 0.6) is 0 Å². The summed E-state index contributed by atoms with van der Waals surface area (Å²) in [4.78, 5) is 11.6. The molecule has 6 heteroatoms. The van der Waals surface area contributed by atoms with Crippen molar-refractivity contribution >= 4 is 34.0 Å². The zero-order chi connectivity index (χ0) is 14.7. The van der Waals surface area contributed by atoms with E-state index in [9.17, 15) is 0 Å². The third kappa shape index (κ3) is 2.92. The van der Waals surface area contributed by atoms with E-state index in [2.05, 4.69) is 43.8 Å². The second-order valence-corrected chi connectivity index (χ2v) is 5.05. The Morgan fingerprint density at radius 3 is 2.90 bits per heavy atom. The molecule has 2 aromatic heterocycles. The normalized spacial score (nSPS) is 10.8. The number of aromatic nitrogens is 3. The minimum Gasteiger partial charge on any atom is -0.383 e. The van der Waals surface area contributed by atoms with Gasteiger partial charge in [-0.3, -0.25) is 0 Å². The summed E-state index contributed by atoms with van der Waals surface area (Å²) in [6, 6.07) is 10.4. The molecular weight excluding hydrogens is 286 g/mol. The molecule has 0 aliphatic carbocycles. The van der Waals surface area contributed by atoms with Gasteiger partial charge in [-0.05, 0) is 17.5 Å². The predicted octanol–water partition coefficient (Wildman–Crippen LogP) is 3.31. The number of halogens is 1. The van der Waals surface area contributed by atoms with Crippen LogP contribution in [-0.2, 0) is 6.42 Å². The molecule has 0 atom stereocenters. The number of aromatic amines is 1. The van der Waals surface area contributed by atoms with Gasteiger partial charge in [0.15, 0.2) is 11.0 Å². The van der Waals surface area contributed by atoms with Gasteiger partial charge in [0.05, 0.1) is 0 Å². The van der Waals surface area contributed by atoms with E-state index >= 15 is 0 Å². The minimum atomic E-state index is 0.417. The number of anilines is 2. The molecule has 0 saturated heterocycles. The van der Waals surface area contributed by atoms with Gasteiger partial charge in [-0.15, -0.1) is 0 Å². The average molecular weight is 302 g/mol. The molecule has 3 rings (SSSR count). The number of nitrogens with one attached hydrogen (secondary N) is 3. The van der Waals surface area contributed by atoms with E-state index in [-0.39, 0.29) is 0 Å². The van der Waals surface area contributed by atoms with Gasteiger partial charge in [-0.2, -0.15) is 0 Å². The maximum Gasteiger partial charge on any atom is 0.157 e. The average Bonchev–Trinajstić information content (AvgIpc) is 2.90. The van der Waals surface area contributed by atoms with Crippen molar-refractivity contribution in [2.24, 2.45) is 0 Å². The second-order valence-electron chi connectivity index (χ2n) is 4.70. The number of H-pyrrole nitrogens is 1. The van der Waals surface area contributed by atoms with E-state index in [0.717, 1.165) is 24.2 Å². The molecule has 21 heavy (non-hydrogen) atoms. The van der Waals surface area contributed by atoms with E-state index in [0.29, 0.717) is 11.0 Å². The van der Waals surface area contributed by atoms with Gasteiger partial charge in [0.25, 0.3) is 0 Å². The summed E-state index contributed by atoms with van der Waals surface area (Å²) in [5.41, 5.74) is 3.07. The highest BCUT2D eigenvalue weighted by Crippen LogP contribution is 2.25. The summed E-state index contributed by atoms with van der Waals surface area (Å²) in [5, 5.41) is 7.93. The van der Waals surface area contributed by atoms with Crippen LogP contribution in [0.3, 0.4) is 0 Å². The fourth-order valence-corrected chi connectivity index (χ4v) is 2.53. The van der Waals surface area contributed by atoms with Crippen LogP contribution in [0.25, 0.3) is 10.9 Å². The Kier molecular flexibility index (Phi) is 3.92. The Bertz CT molecular complexity index is 720. The summed E-state index contributed by atoms with van der Waals surface area (Å²) in [6.07, 6.45) is 2.33. The van der Waals surface area contributed by atoms with Crippen molar-refractivity contribution < 1.29 is 0 Å². The molecule has 0 saturated carbocycles. The Morgan fingerprint density at radius 2 is 2.10 bits per heavy atom. The lowest BCUT2D eigenvalue weighted by Gasteiger charge is -2.10. The topological polar surface area (TPSA) is 65.6 Å². The highest BCUT2D eigenvalue weighted by Gasteiger charge is 2.07. The van der Waals surface area contributed by atoms with Crippen molar-refractivity contribution in [1.29, 1.82) is 0 Å². The molecule has 0 aliphatic rings. The van der Waals surface area contributed by atoms with E-state index < -0.39 is 0 Å². The van der Waals surface area contributed by atoms with E-state index in [1.807, 2.05) is 12.1 Å². The molecule has 2 heterocycles. The van der Waals surface area contributed by atoms with Gasteiger partial charge in [0.1, 0.15) is 12.0 Å². The molecule has 0 fully saturated rings. The molecule has 0 bridgehead atoms. The van der Waals surface area contributed by atoms with E-state index in [4.69, 9.17) is 11.6 Å². The summed E-state index contributed by atoms with van der Waals surface area (Å²) >= 11 is 6.02. The summed E-state index contributed by atoms with van der Waals surface area (Å²) < 4.78 is 0. The summed E-state index contributed by atoms with van der Waals surface area (Å²) in [7, 11) is 1.80. The largest absolute Gasteiger partial charge is 0.383 e. The van der Waals surface area contributed by atoms with E-state index in [1.54, 1.807) is 7.05 Å². The fraction of sp³-hybridized carbons (Fsp3) is 0.200. The zero-order valence-electron chi connectivity index (χ0n) is 11.7. The zero-order valence-corrected chi connectivity index (χ0v) is 12.4. The molecule has 0 unspecified atom stereocenters. The van der Waals surface area contributed by atoms with Crippen LogP contribution in [0.2, 0.25) is 5.15 Å². The summed E-state index contributed by atoms with van der Waals surface area (Å²) in [6.45, 7) is 0.759. The Labute approximate surface area is 127 Å². The highest BCUT2D eigenvalue weighted by molar-refractivity contribution is 6.32. The molecule has 5 nitrogen and oxygen atoms in total. The maximum atomic E-state index is 6.02. The molecule has 108 valence electrons. The van der Waals surface area contributed by atoms with Crippen molar-refractivity contribution in [3.8, 4) is 0 Å². The van der Waals surface area contributed by atoms with Crippen LogP contribution in [0.4, 0.5) is 11.5 Å². The number of benzene rings is 1. The van der Waals surface area contributed by atoms with Gasteiger partial charge in [0.2, 0.25) is 0 Å². The van der Waals surface area contributed by atoms with Crippen molar-refractivity contribution in [2.45, 2.75) is 6.42 Å². The van der Waals surface area contributed by atoms with Crippen molar-refractivity contribution in [1.82, 2.24) is 15.0 Å². The minimum absolute atomic E-state index is 0.417. The van der Waals surface area contributed by atoms with E-state index in [1.165, 1.54) is 17.4 Å². The predicted molar refractivity (Wildman–Crippen MR) is 87.1 cm³/mol. The van der Waals surface area contributed by atoms with Gasteiger partial charge < -0.3 is 15.6 Å². The van der Waals surface area contributed by atoms with Crippen LogP contribution >= 0.6 is 11.6 Å². The lowest BCUT2D eigenvalue weighted by Crippen LogP contribution is -2.09. The SMILES string of the molecule is CNc1c(Cl)ncnc1NCCc1cc2ccccc2[nH]1. The first-order chi connectivity index (χ1) is 10.3. The van der Waals surface area contributed by atoms with Gasteiger partial charge in [0, 0.05) is 31.2 Å². The second kappa shape index (κ2) is 6.01. The maximum absolute atomic E-state index is 6.02. The number of hydrogen-bond acceptors (Lipinski definition) is 4. The highest BCUT2D eigenvalue weighted by atomic mass is 35.5. The number of rotatable bonds is 5. The quantitative estimate of drug-likeness (QED) is 0.633. The van der Waals surface area contributed by atoms with Gasteiger partial charge in [-0.25, -0.2) is 9.97 Å². The monoisotopic (exact) mass is 301 g/mol. The molecule has 3 N–H and O–H groups in total. The standard InChI is InChI=1S/C15H16ClN5/c1-17-13-14(16)19-9-20-15(13)18-7-6-11-8-10-4-2-3-5-12(10)21-11/h2-5,8-9,17,21H,6-7H2,1H3,(H,18,19,20). The fourth-order valence-electron chi connectivity index (χ4n) is 2.30. The van der Waals surface area contributed by atoms with Crippen LogP contribution < -0.4 is 10.6 Å². The molecular formula is C15H16ClN5. The third-order valence-corrected chi connectivity index (χ3v) is 3.61. The Hall–Kier alpha value is -2.27. The van der Waals surface area contributed by atoms with Gasteiger partial charge in [-0.1, -0.05) is 29.8 Å². The number of para-hydroxylation sites is 1. The molecule has 0 spiro atoms. The first kappa shape index (κ1) is 13.7. The molecule has 0 radical (unpaired) electrons. The number of fused-ring (bicyclic) bond motifs is 1. The van der Waals surface area contributed by atoms with Crippen molar-refractivity contribution in [3.63, 3.8) is 0 Å². The lowest BCUT2D eigenvalue weighted by molar-refractivity contribution is 0.969.